The molecule has 0 amide bonds. The Morgan fingerprint density at radius 1 is 1.33 bits per heavy atom. The predicted molar refractivity (Wildman–Crippen MR) is 90.6 cm³/mol. The number of hydrogen-bond acceptors (Lipinski definition) is 3. The predicted octanol–water partition coefficient (Wildman–Crippen LogP) is 3.18. The largest absolute Gasteiger partial charge is 0.326 e. The molecule has 1 aromatic rings. The first-order valence-electron chi connectivity index (χ1n) is 6.97. The average Bonchev–Trinajstić information content (AvgIpc) is 2.37. The van der Waals surface area contributed by atoms with Crippen LogP contribution < -0.4 is 10.5 Å². The van der Waals surface area contributed by atoms with E-state index in [4.69, 9.17) is 5.73 Å². The highest BCUT2D eigenvalue weighted by atomic mass is 79.9. The molecule has 120 valence electrons. The minimum atomic E-state index is -3.54. The molecule has 3 N–H and O–H groups in total. The van der Waals surface area contributed by atoms with Crippen molar-refractivity contribution in [2.45, 2.75) is 46.1 Å². The van der Waals surface area contributed by atoms with E-state index in [1.807, 2.05) is 13.0 Å². The molecule has 0 saturated heterocycles. The van der Waals surface area contributed by atoms with E-state index in [1.54, 1.807) is 13.0 Å². The first-order chi connectivity index (χ1) is 9.49. The Morgan fingerprint density at radius 3 is 2.38 bits per heavy atom. The fourth-order valence-electron chi connectivity index (χ4n) is 1.72. The first kappa shape index (κ1) is 18.6. The molecule has 0 spiro atoms. The molecule has 0 radical (unpaired) electrons. The molecule has 1 atom stereocenters. The molecule has 1 unspecified atom stereocenters. The second kappa shape index (κ2) is 6.77. The number of nitrogens with two attached hydrogens (primary N) is 1. The van der Waals surface area contributed by atoms with Gasteiger partial charge in [0.05, 0.1) is 4.90 Å². The van der Waals surface area contributed by atoms with Crippen LogP contribution in [0.5, 0.6) is 0 Å². The van der Waals surface area contributed by atoms with Crippen LogP contribution in [0.3, 0.4) is 0 Å². The van der Waals surface area contributed by atoms with E-state index >= 15 is 0 Å². The van der Waals surface area contributed by atoms with Crippen molar-refractivity contribution >= 4 is 26.0 Å². The highest BCUT2D eigenvalue weighted by molar-refractivity contribution is 9.10. The summed E-state index contributed by atoms with van der Waals surface area (Å²) in [6.45, 7) is 10.8. The zero-order valence-corrected chi connectivity index (χ0v) is 15.7. The van der Waals surface area contributed by atoms with Crippen LogP contribution in [-0.2, 0) is 16.6 Å². The summed E-state index contributed by atoms with van der Waals surface area (Å²) in [6.07, 6.45) is 0. The van der Waals surface area contributed by atoms with Crippen LogP contribution in [0.4, 0.5) is 0 Å². The van der Waals surface area contributed by atoms with Gasteiger partial charge in [-0.1, -0.05) is 43.6 Å². The van der Waals surface area contributed by atoms with Gasteiger partial charge in [-0.15, -0.1) is 0 Å². The van der Waals surface area contributed by atoms with Crippen LogP contribution in [0.15, 0.2) is 21.5 Å². The second-order valence-corrected chi connectivity index (χ2v) is 9.11. The van der Waals surface area contributed by atoms with Gasteiger partial charge in [-0.2, -0.15) is 0 Å². The Hall–Kier alpha value is -0.430. The molecule has 4 nitrogen and oxygen atoms in total. The Bertz CT molecular complexity index is 607. The van der Waals surface area contributed by atoms with Crippen LogP contribution in [-0.4, -0.2) is 15.0 Å². The number of nitrogens with one attached hydrogen (secondary N) is 1. The van der Waals surface area contributed by atoms with Gasteiger partial charge in [0.1, 0.15) is 0 Å². The van der Waals surface area contributed by atoms with Crippen molar-refractivity contribution in [1.29, 1.82) is 0 Å². The summed E-state index contributed by atoms with van der Waals surface area (Å²) in [7, 11) is -3.54. The number of hydrogen-bond donors (Lipinski definition) is 2. The van der Waals surface area contributed by atoms with E-state index in [9.17, 15) is 8.42 Å². The van der Waals surface area contributed by atoms with Crippen LogP contribution in [0, 0.1) is 18.3 Å². The van der Waals surface area contributed by atoms with Gasteiger partial charge in [0.15, 0.2) is 0 Å². The fraction of sp³-hybridized carbons (Fsp3) is 0.600. The van der Waals surface area contributed by atoms with Gasteiger partial charge in [-0.05, 0) is 41.5 Å². The zero-order chi connectivity index (χ0) is 16.4. The van der Waals surface area contributed by atoms with E-state index in [-0.39, 0.29) is 11.3 Å². The maximum absolute atomic E-state index is 12.5. The summed E-state index contributed by atoms with van der Waals surface area (Å²) in [5.41, 5.74) is 7.16. The molecule has 0 aliphatic rings. The fourth-order valence-corrected chi connectivity index (χ4v) is 3.81. The smallest absolute Gasteiger partial charge is 0.240 e. The molecule has 0 aliphatic carbocycles. The van der Waals surface area contributed by atoms with Crippen LogP contribution in [0.25, 0.3) is 0 Å². The van der Waals surface area contributed by atoms with E-state index in [0.717, 1.165) is 10.0 Å². The number of benzene rings is 1. The first-order valence-corrected chi connectivity index (χ1v) is 9.25. The molecule has 0 aliphatic heterocycles. The van der Waals surface area contributed by atoms with Crippen molar-refractivity contribution in [3.05, 3.63) is 27.7 Å². The standard InChI is InChI=1S/C15H25BrN2O2S/c1-10(15(3,4)5)9-18-21(19,20)14-7-12(8-17)6-13(16)11(14)2/h6-7,10,18H,8-9,17H2,1-5H3. The summed E-state index contributed by atoms with van der Waals surface area (Å²) in [4.78, 5) is 0.290. The SMILES string of the molecule is Cc1c(Br)cc(CN)cc1S(=O)(=O)NCC(C)C(C)(C)C. The van der Waals surface area contributed by atoms with Crippen molar-refractivity contribution in [1.82, 2.24) is 4.72 Å². The number of sulfonamides is 1. The van der Waals surface area contributed by atoms with Crippen molar-refractivity contribution in [2.24, 2.45) is 17.1 Å². The quantitative estimate of drug-likeness (QED) is 0.828. The van der Waals surface area contributed by atoms with E-state index in [1.165, 1.54) is 0 Å². The van der Waals surface area contributed by atoms with Crippen LogP contribution in [0.2, 0.25) is 0 Å². The number of rotatable bonds is 5. The summed E-state index contributed by atoms with van der Waals surface area (Å²) < 4.78 is 28.5. The van der Waals surface area contributed by atoms with Gasteiger partial charge in [0, 0.05) is 17.6 Å². The minimum Gasteiger partial charge on any atom is -0.326 e. The third-order valence-corrected chi connectivity index (χ3v) is 6.31. The summed E-state index contributed by atoms with van der Waals surface area (Å²) >= 11 is 3.39. The summed E-state index contributed by atoms with van der Waals surface area (Å²) in [6, 6.07) is 3.50. The van der Waals surface area contributed by atoms with Gasteiger partial charge in [-0.3, -0.25) is 0 Å². The molecule has 1 rings (SSSR count). The Balaban J connectivity index is 3.06. The molecule has 0 aromatic heterocycles. The summed E-state index contributed by atoms with van der Waals surface area (Å²) in [5.74, 6) is 0.230. The normalized spacial score (nSPS) is 14.2. The maximum atomic E-state index is 12.5. The minimum absolute atomic E-state index is 0.0528. The third-order valence-electron chi connectivity index (χ3n) is 3.94. The van der Waals surface area contributed by atoms with Crippen molar-refractivity contribution in [3.63, 3.8) is 0 Å². The lowest BCUT2D eigenvalue weighted by atomic mass is 9.82. The Morgan fingerprint density at radius 2 is 1.90 bits per heavy atom. The lowest BCUT2D eigenvalue weighted by Gasteiger charge is -2.27. The molecule has 0 fully saturated rings. The average molecular weight is 377 g/mol. The Labute approximate surface area is 136 Å². The van der Waals surface area contributed by atoms with Gasteiger partial charge < -0.3 is 5.73 Å². The highest BCUT2D eigenvalue weighted by Crippen LogP contribution is 2.27. The maximum Gasteiger partial charge on any atom is 0.240 e. The van der Waals surface area contributed by atoms with Gasteiger partial charge in [0.25, 0.3) is 0 Å². The zero-order valence-electron chi connectivity index (χ0n) is 13.3. The van der Waals surface area contributed by atoms with Gasteiger partial charge in [0.2, 0.25) is 10.0 Å². The molecule has 0 saturated carbocycles. The second-order valence-electron chi connectivity index (χ2n) is 6.52. The van der Waals surface area contributed by atoms with E-state index in [2.05, 4.69) is 41.4 Å². The molecule has 21 heavy (non-hydrogen) atoms. The molecule has 6 heteroatoms. The van der Waals surface area contributed by atoms with Crippen LogP contribution >= 0.6 is 15.9 Å². The van der Waals surface area contributed by atoms with Crippen LogP contribution in [0.1, 0.15) is 38.8 Å². The lowest BCUT2D eigenvalue weighted by Crippen LogP contribution is -2.34. The Kier molecular flexibility index (Phi) is 6.00. The van der Waals surface area contributed by atoms with Crippen molar-refractivity contribution in [3.8, 4) is 0 Å². The molecule has 0 heterocycles. The monoisotopic (exact) mass is 376 g/mol. The summed E-state index contributed by atoms with van der Waals surface area (Å²) in [5, 5.41) is 0. The van der Waals surface area contributed by atoms with E-state index < -0.39 is 10.0 Å². The van der Waals surface area contributed by atoms with E-state index in [0.29, 0.717) is 23.5 Å². The lowest BCUT2D eigenvalue weighted by molar-refractivity contribution is 0.263. The van der Waals surface area contributed by atoms with Crippen molar-refractivity contribution in [2.75, 3.05) is 6.54 Å². The topological polar surface area (TPSA) is 72.2 Å². The number of halogens is 1. The molecular weight excluding hydrogens is 352 g/mol. The van der Waals surface area contributed by atoms with Crippen molar-refractivity contribution < 1.29 is 8.42 Å². The molecule has 1 aromatic carbocycles. The highest BCUT2D eigenvalue weighted by Gasteiger charge is 2.24. The third kappa shape index (κ3) is 4.77. The molecule has 0 bridgehead atoms. The van der Waals surface area contributed by atoms with Gasteiger partial charge in [-0.25, -0.2) is 13.1 Å². The molecular formula is C15H25BrN2O2S. The van der Waals surface area contributed by atoms with Gasteiger partial charge >= 0.3 is 0 Å².